The van der Waals surface area contributed by atoms with Gasteiger partial charge < -0.3 is 14.8 Å². The molecule has 7 nitrogen and oxygen atoms in total. The lowest BCUT2D eigenvalue weighted by molar-refractivity contribution is 0.0789. The second kappa shape index (κ2) is 6.64. The summed E-state index contributed by atoms with van der Waals surface area (Å²) in [5, 5.41) is 2.85. The Kier molecular flexibility index (Phi) is 4.04. The van der Waals surface area contributed by atoms with Crippen LogP contribution in [0.5, 0.6) is 11.5 Å². The third kappa shape index (κ3) is 3.30. The number of aromatic nitrogens is 3. The van der Waals surface area contributed by atoms with Crippen LogP contribution in [0.3, 0.4) is 0 Å². The molecule has 1 aliphatic rings. The molecule has 1 N–H and O–H groups in total. The molecule has 1 unspecified atom stereocenters. The van der Waals surface area contributed by atoms with Crippen LogP contribution < -0.4 is 14.8 Å². The van der Waals surface area contributed by atoms with Crippen molar-refractivity contribution in [2.24, 2.45) is 0 Å². The van der Waals surface area contributed by atoms with Crippen LogP contribution in [0.15, 0.2) is 61.3 Å². The summed E-state index contributed by atoms with van der Waals surface area (Å²) in [5.74, 6) is 1.92. The highest BCUT2D eigenvalue weighted by Gasteiger charge is 2.21. The summed E-state index contributed by atoms with van der Waals surface area (Å²) in [7, 11) is 0. The molecule has 1 aromatic carbocycles. The van der Waals surface area contributed by atoms with E-state index in [1.807, 2.05) is 24.3 Å². The molecule has 2 aromatic heterocycles. The van der Waals surface area contributed by atoms with E-state index < -0.39 is 0 Å². The van der Waals surface area contributed by atoms with Gasteiger partial charge in [0.2, 0.25) is 0 Å². The number of nitrogens with one attached hydrogen (secondary N) is 1. The zero-order valence-electron chi connectivity index (χ0n) is 13.3. The molecule has 1 aliphatic heterocycles. The minimum absolute atomic E-state index is 0.202. The van der Waals surface area contributed by atoms with Crippen LogP contribution >= 0.6 is 0 Å². The predicted octanol–water partition coefficient (Wildman–Crippen LogP) is 1.84. The number of ether oxygens (including phenoxy) is 2. The van der Waals surface area contributed by atoms with Crippen LogP contribution in [0.25, 0.3) is 5.82 Å². The zero-order chi connectivity index (χ0) is 17.1. The third-order valence-corrected chi connectivity index (χ3v) is 3.84. The molecule has 25 heavy (non-hydrogen) atoms. The average Bonchev–Trinajstić information content (AvgIpc) is 3.21. The highest BCUT2D eigenvalue weighted by Crippen LogP contribution is 2.30. The van der Waals surface area contributed by atoms with Gasteiger partial charge in [-0.1, -0.05) is 12.1 Å². The Labute approximate surface area is 144 Å². The van der Waals surface area contributed by atoms with E-state index in [-0.39, 0.29) is 12.0 Å². The van der Waals surface area contributed by atoms with E-state index >= 15 is 0 Å². The Hall–Kier alpha value is -3.35. The largest absolute Gasteiger partial charge is 0.486 e. The fourth-order valence-corrected chi connectivity index (χ4v) is 2.54. The summed E-state index contributed by atoms with van der Waals surface area (Å²) in [4.78, 5) is 20.5. The topological polar surface area (TPSA) is 78.3 Å². The zero-order valence-corrected chi connectivity index (χ0v) is 13.3. The monoisotopic (exact) mass is 336 g/mol. The molecule has 1 atom stereocenters. The molecular formula is C18H16N4O3. The molecule has 3 aromatic rings. The van der Waals surface area contributed by atoms with Crippen molar-refractivity contribution in [2.75, 3.05) is 13.2 Å². The quantitative estimate of drug-likeness (QED) is 0.786. The van der Waals surface area contributed by atoms with Crippen LogP contribution in [-0.2, 0) is 0 Å². The van der Waals surface area contributed by atoms with Crippen LogP contribution in [0.1, 0.15) is 10.4 Å². The van der Waals surface area contributed by atoms with Crippen molar-refractivity contribution in [3.8, 4) is 17.3 Å². The van der Waals surface area contributed by atoms with Gasteiger partial charge in [-0.25, -0.2) is 9.97 Å². The number of fused-ring (bicyclic) bond motifs is 1. The molecule has 0 aliphatic carbocycles. The number of imidazole rings is 1. The van der Waals surface area contributed by atoms with Gasteiger partial charge in [0.15, 0.2) is 11.5 Å². The number of carbonyl (C=O) groups is 1. The van der Waals surface area contributed by atoms with E-state index in [1.54, 1.807) is 35.4 Å². The number of hydrogen-bond acceptors (Lipinski definition) is 5. The molecule has 0 bridgehead atoms. The number of pyridine rings is 1. The number of nitrogens with zero attached hydrogens (tertiary/aromatic N) is 3. The predicted molar refractivity (Wildman–Crippen MR) is 90.0 cm³/mol. The Balaban J connectivity index is 1.35. The first kappa shape index (κ1) is 15.2. The maximum Gasteiger partial charge on any atom is 0.252 e. The van der Waals surface area contributed by atoms with E-state index in [0.29, 0.717) is 30.3 Å². The summed E-state index contributed by atoms with van der Waals surface area (Å²) in [6.07, 6.45) is 6.43. The molecule has 0 saturated carbocycles. The number of hydrogen-bond donors (Lipinski definition) is 1. The van der Waals surface area contributed by atoms with Crippen molar-refractivity contribution >= 4 is 5.91 Å². The first-order chi connectivity index (χ1) is 12.3. The van der Waals surface area contributed by atoms with Gasteiger partial charge in [0.25, 0.3) is 5.91 Å². The average molecular weight is 336 g/mol. The summed E-state index contributed by atoms with van der Waals surface area (Å²) in [6.45, 7) is 0.756. The molecule has 0 fully saturated rings. The number of rotatable bonds is 4. The summed E-state index contributed by atoms with van der Waals surface area (Å²) in [6, 6.07) is 11.0. The highest BCUT2D eigenvalue weighted by molar-refractivity contribution is 5.93. The molecule has 1 amide bonds. The van der Waals surface area contributed by atoms with E-state index in [0.717, 1.165) is 5.75 Å². The van der Waals surface area contributed by atoms with Crippen molar-refractivity contribution in [2.45, 2.75) is 6.10 Å². The van der Waals surface area contributed by atoms with Crippen molar-refractivity contribution < 1.29 is 14.3 Å². The van der Waals surface area contributed by atoms with Gasteiger partial charge in [-0.3, -0.25) is 9.36 Å². The lowest BCUT2D eigenvalue weighted by atomic mass is 10.2. The Morgan fingerprint density at radius 3 is 2.88 bits per heavy atom. The fourth-order valence-electron chi connectivity index (χ4n) is 2.54. The highest BCUT2D eigenvalue weighted by atomic mass is 16.6. The normalized spacial score (nSPS) is 15.6. The molecule has 4 rings (SSSR count). The van der Waals surface area contributed by atoms with Gasteiger partial charge >= 0.3 is 0 Å². The first-order valence-corrected chi connectivity index (χ1v) is 7.91. The SMILES string of the molecule is O=C(NCC1COc2ccccc2O1)c1ccc(-n2ccnc2)nc1. The van der Waals surface area contributed by atoms with Gasteiger partial charge in [-0.05, 0) is 24.3 Å². The van der Waals surface area contributed by atoms with E-state index in [2.05, 4.69) is 15.3 Å². The molecular weight excluding hydrogens is 320 g/mol. The molecule has 126 valence electrons. The standard InChI is InChI=1S/C18H16N4O3/c23-18(13-5-6-17(20-9-13)22-8-7-19-12-22)21-10-14-11-24-15-3-1-2-4-16(15)25-14/h1-9,12,14H,10-11H2,(H,21,23). The van der Waals surface area contributed by atoms with Crippen LogP contribution in [0.2, 0.25) is 0 Å². The van der Waals surface area contributed by atoms with Gasteiger partial charge in [-0.2, -0.15) is 0 Å². The summed E-state index contributed by atoms with van der Waals surface area (Å²) >= 11 is 0. The van der Waals surface area contributed by atoms with Crippen LogP contribution in [0, 0.1) is 0 Å². The minimum Gasteiger partial charge on any atom is -0.486 e. The van der Waals surface area contributed by atoms with Crippen molar-refractivity contribution in [1.29, 1.82) is 0 Å². The van der Waals surface area contributed by atoms with Crippen molar-refractivity contribution in [3.63, 3.8) is 0 Å². The Bertz CT molecular complexity index is 862. The van der Waals surface area contributed by atoms with E-state index in [1.165, 1.54) is 6.20 Å². The third-order valence-electron chi connectivity index (χ3n) is 3.84. The number of para-hydroxylation sites is 2. The van der Waals surface area contributed by atoms with Crippen molar-refractivity contribution in [1.82, 2.24) is 19.9 Å². The van der Waals surface area contributed by atoms with Crippen LogP contribution in [0.4, 0.5) is 0 Å². The lowest BCUT2D eigenvalue weighted by Gasteiger charge is -2.26. The molecule has 7 heteroatoms. The Morgan fingerprint density at radius 1 is 1.24 bits per heavy atom. The molecule has 0 spiro atoms. The van der Waals surface area contributed by atoms with Gasteiger partial charge in [0.05, 0.1) is 12.1 Å². The van der Waals surface area contributed by atoms with E-state index in [9.17, 15) is 4.79 Å². The number of amides is 1. The molecule has 0 radical (unpaired) electrons. The van der Waals surface area contributed by atoms with Gasteiger partial charge in [0.1, 0.15) is 24.9 Å². The second-order valence-corrected chi connectivity index (χ2v) is 5.58. The fraction of sp³-hybridized carbons (Fsp3) is 0.167. The maximum absolute atomic E-state index is 12.3. The minimum atomic E-state index is -0.225. The van der Waals surface area contributed by atoms with Gasteiger partial charge in [-0.15, -0.1) is 0 Å². The van der Waals surface area contributed by atoms with Crippen LogP contribution in [-0.4, -0.2) is 39.7 Å². The van der Waals surface area contributed by atoms with E-state index in [4.69, 9.17) is 9.47 Å². The first-order valence-electron chi connectivity index (χ1n) is 7.91. The second-order valence-electron chi connectivity index (χ2n) is 5.58. The summed E-state index contributed by atoms with van der Waals surface area (Å²) < 4.78 is 13.2. The molecule has 3 heterocycles. The molecule has 0 saturated heterocycles. The number of benzene rings is 1. The maximum atomic E-state index is 12.3. The van der Waals surface area contributed by atoms with Crippen molar-refractivity contribution in [3.05, 3.63) is 66.9 Å². The Morgan fingerprint density at radius 2 is 2.12 bits per heavy atom. The summed E-state index contributed by atoms with van der Waals surface area (Å²) in [5.41, 5.74) is 0.487. The van der Waals surface area contributed by atoms with Gasteiger partial charge in [0, 0.05) is 18.6 Å². The lowest BCUT2D eigenvalue weighted by Crippen LogP contribution is -2.40. The number of carbonyl (C=O) groups excluding carboxylic acids is 1. The smallest absolute Gasteiger partial charge is 0.252 e.